The number of nitrogens with one attached hydrogen (secondary N) is 2. The first-order chi connectivity index (χ1) is 13.6. The number of hydrogen-bond acceptors (Lipinski definition) is 3. The van der Waals surface area contributed by atoms with Gasteiger partial charge in [-0.2, -0.15) is 5.10 Å². The zero-order valence-electron chi connectivity index (χ0n) is 15.4. The average Bonchev–Trinajstić information content (AvgIpc) is 2.72. The second-order valence-electron chi connectivity index (χ2n) is 6.68. The minimum atomic E-state index is -0.258. The summed E-state index contributed by atoms with van der Waals surface area (Å²) in [5.74, 6) is -0.258. The molecule has 0 spiro atoms. The third-order valence-electron chi connectivity index (χ3n) is 4.70. The van der Waals surface area contributed by atoms with Gasteiger partial charge in [0, 0.05) is 28.9 Å². The standard InChI is InChI=1S/C24H20FN3/c1-16(19-9-11-20(25)12-10-19)26-21-13-7-18(8-14-21)15-24-23-6-4-3-5-22(23)17(2)27-28-24/h3-14,26-27H,1-2,15H2. The van der Waals surface area contributed by atoms with E-state index in [4.69, 9.17) is 0 Å². The van der Waals surface area contributed by atoms with Crippen molar-refractivity contribution < 1.29 is 4.39 Å². The lowest BCUT2D eigenvalue weighted by Gasteiger charge is -2.19. The Labute approximate surface area is 163 Å². The van der Waals surface area contributed by atoms with E-state index in [9.17, 15) is 4.39 Å². The number of halogens is 1. The number of hydrazone groups is 1. The van der Waals surface area contributed by atoms with Gasteiger partial charge in [0.1, 0.15) is 5.82 Å². The Kier molecular flexibility index (Phi) is 4.77. The van der Waals surface area contributed by atoms with E-state index in [1.807, 2.05) is 30.3 Å². The van der Waals surface area contributed by atoms with Crippen LogP contribution in [0.15, 0.2) is 91.1 Å². The van der Waals surface area contributed by atoms with E-state index in [-0.39, 0.29) is 5.82 Å². The van der Waals surface area contributed by atoms with Gasteiger partial charge in [-0.25, -0.2) is 4.39 Å². The molecular formula is C24H20FN3. The largest absolute Gasteiger partial charge is 0.356 e. The van der Waals surface area contributed by atoms with Crippen molar-refractivity contribution >= 4 is 22.8 Å². The molecule has 4 rings (SSSR count). The number of fused-ring (bicyclic) bond motifs is 1. The highest BCUT2D eigenvalue weighted by atomic mass is 19.1. The van der Waals surface area contributed by atoms with Crippen molar-refractivity contribution in [3.8, 4) is 0 Å². The second-order valence-corrected chi connectivity index (χ2v) is 6.68. The van der Waals surface area contributed by atoms with Gasteiger partial charge in [0.25, 0.3) is 0 Å². The summed E-state index contributed by atoms with van der Waals surface area (Å²) in [4.78, 5) is 0. The summed E-state index contributed by atoms with van der Waals surface area (Å²) in [6, 6.07) is 22.5. The molecule has 0 saturated carbocycles. The fourth-order valence-electron chi connectivity index (χ4n) is 3.18. The molecule has 0 unspecified atom stereocenters. The van der Waals surface area contributed by atoms with Crippen molar-refractivity contribution in [1.29, 1.82) is 0 Å². The molecule has 0 aromatic heterocycles. The lowest BCUT2D eigenvalue weighted by molar-refractivity contribution is 0.627. The Morgan fingerprint density at radius 2 is 1.61 bits per heavy atom. The van der Waals surface area contributed by atoms with Crippen LogP contribution in [0, 0.1) is 5.82 Å². The monoisotopic (exact) mass is 369 g/mol. The van der Waals surface area contributed by atoms with E-state index in [1.165, 1.54) is 12.1 Å². The van der Waals surface area contributed by atoms with Gasteiger partial charge in [-0.05, 0) is 35.4 Å². The fourth-order valence-corrected chi connectivity index (χ4v) is 3.18. The van der Waals surface area contributed by atoms with Crippen molar-refractivity contribution in [2.24, 2.45) is 5.10 Å². The molecule has 2 N–H and O–H groups in total. The molecule has 0 amide bonds. The van der Waals surface area contributed by atoms with Gasteiger partial charge in [0.05, 0.1) is 11.4 Å². The van der Waals surface area contributed by atoms with E-state index >= 15 is 0 Å². The molecule has 28 heavy (non-hydrogen) atoms. The molecule has 4 heteroatoms. The summed E-state index contributed by atoms with van der Waals surface area (Å²) in [5, 5.41) is 7.73. The van der Waals surface area contributed by atoms with Crippen LogP contribution in [0.4, 0.5) is 10.1 Å². The van der Waals surface area contributed by atoms with Crippen molar-refractivity contribution in [3.05, 3.63) is 114 Å². The molecule has 0 aliphatic carbocycles. The highest BCUT2D eigenvalue weighted by molar-refractivity contribution is 6.06. The van der Waals surface area contributed by atoms with Crippen LogP contribution in [0.2, 0.25) is 0 Å². The van der Waals surface area contributed by atoms with E-state index in [2.05, 4.69) is 47.2 Å². The Bertz CT molecular complexity index is 1060. The summed E-state index contributed by atoms with van der Waals surface area (Å²) in [7, 11) is 0. The van der Waals surface area contributed by atoms with Crippen LogP contribution in [0.1, 0.15) is 22.3 Å². The van der Waals surface area contributed by atoms with Crippen LogP contribution in [0.25, 0.3) is 11.4 Å². The van der Waals surface area contributed by atoms with Crippen molar-refractivity contribution in [1.82, 2.24) is 5.43 Å². The van der Waals surface area contributed by atoms with E-state index < -0.39 is 0 Å². The Balaban J connectivity index is 1.46. The van der Waals surface area contributed by atoms with Crippen molar-refractivity contribution in [2.75, 3.05) is 5.32 Å². The van der Waals surface area contributed by atoms with E-state index in [0.29, 0.717) is 0 Å². The van der Waals surface area contributed by atoms with Gasteiger partial charge >= 0.3 is 0 Å². The smallest absolute Gasteiger partial charge is 0.123 e. The molecular weight excluding hydrogens is 349 g/mol. The number of nitrogens with zero attached hydrogens (tertiary/aromatic N) is 1. The van der Waals surface area contributed by atoms with Crippen molar-refractivity contribution in [2.45, 2.75) is 6.42 Å². The number of hydrogen-bond donors (Lipinski definition) is 2. The molecule has 0 saturated heterocycles. The van der Waals surface area contributed by atoms with Crippen LogP contribution in [0.3, 0.4) is 0 Å². The predicted octanol–water partition coefficient (Wildman–Crippen LogP) is 5.43. The molecule has 0 atom stereocenters. The molecule has 3 nitrogen and oxygen atoms in total. The molecule has 3 aromatic rings. The molecule has 1 aliphatic heterocycles. The first-order valence-corrected chi connectivity index (χ1v) is 9.02. The second kappa shape index (κ2) is 7.53. The summed E-state index contributed by atoms with van der Waals surface area (Å²) in [6.07, 6.45) is 0.719. The van der Waals surface area contributed by atoms with Gasteiger partial charge in [-0.15, -0.1) is 0 Å². The summed E-state index contributed by atoms with van der Waals surface area (Å²) in [6.45, 7) is 8.04. The third kappa shape index (κ3) is 3.71. The minimum Gasteiger partial charge on any atom is -0.356 e. The fraction of sp³-hybridized carbons (Fsp3) is 0.0417. The first-order valence-electron chi connectivity index (χ1n) is 9.02. The summed E-state index contributed by atoms with van der Waals surface area (Å²) >= 11 is 0. The Hall–Kier alpha value is -3.66. The zero-order chi connectivity index (χ0) is 19.5. The minimum absolute atomic E-state index is 0.258. The first kappa shape index (κ1) is 17.7. The lowest BCUT2D eigenvalue weighted by atomic mass is 9.95. The summed E-state index contributed by atoms with van der Waals surface area (Å²) < 4.78 is 13.1. The molecule has 0 bridgehead atoms. The number of rotatable bonds is 5. The van der Waals surface area contributed by atoms with Crippen LogP contribution in [-0.2, 0) is 6.42 Å². The quantitative estimate of drug-likeness (QED) is 0.629. The van der Waals surface area contributed by atoms with Gasteiger partial charge < -0.3 is 5.32 Å². The maximum Gasteiger partial charge on any atom is 0.123 e. The molecule has 0 fully saturated rings. The SMILES string of the molecule is C=C(Nc1ccc(CC2=NNC(=C)c3ccccc32)cc1)c1ccc(F)cc1. The van der Waals surface area contributed by atoms with Crippen LogP contribution in [0.5, 0.6) is 0 Å². The van der Waals surface area contributed by atoms with Gasteiger partial charge in [0.15, 0.2) is 0 Å². The normalized spacial score (nSPS) is 12.6. The zero-order valence-corrected chi connectivity index (χ0v) is 15.4. The van der Waals surface area contributed by atoms with E-state index in [0.717, 1.165) is 51.5 Å². The summed E-state index contributed by atoms with van der Waals surface area (Å²) in [5.41, 5.74) is 10.7. The average molecular weight is 369 g/mol. The van der Waals surface area contributed by atoms with Crippen molar-refractivity contribution in [3.63, 3.8) is 0 Å². The molecule has 3 aromatic carbocycles. The Morgan fingerprint density at radius 1 is 0.929 bits per heavy atom. The highest BCUT2D eigenvalue weighted by Gasteiger charge is 2.16. The van der Waals surface area contributed by atoms with Gasteiger partial charge in [-0.3, -0.25) is 5.43 Å². The lowest BCUT2D eigenvalue weighted by Crippen LogP contribution is -2.20. The maximum atomic E-state index is 13.1. The maximum absolute atomic E-state index is 13.1. The molecule has 1 aliphatic rings. The molecule has 0 radical (unpaired) electrons. The van der Waals surface area contributed by atoms with Gasteiger partial charge in [-0.1, -0.05) is 61.7 Å². The highest BCUT2D eigenvalue weighted by Crippen LogP contribution is 2.23. The number of benzene rings is 3. The Morgan fingerprint density at radius 3 is 2.32 bits per heavy atom. The topological polar surface area (TPSA) is 36.4 Å². The van der Waals surface area contributed by atoms with E-state index in [1.54, 1.807) is 12.1 Å². The van der Waals surface area contributed by atoms with Crippen LogP contribution in [-0.4, -0.2) is 5.71 Å². The van der Waals surface area contributed by atoms with Gasteiger partial charge in [0.2, 0.25) is 0 Å². The molecule has 1 heterocycles. The predicted molar refractivity (Wildman–Crippen MR) is 114 cm³/mol. The molecule has 138 valence electrons. The third-order valence-corrected chi connectivity index (χ3v) is 4.70. The van der Waals surface area contributed by atoms with Crippen LogP contribution >= 0.6 is 0 Å². The van der Waals surface area contributed by atoms with Crippen LogP contribution < -0.4 is 10.7 Å². The number of anilines is 1.